The Labute approximate surface area is 157 Å². The average molecular weight is 366 g/mol. The van der Waals surface area contributed by atoms with Crippen LogP contribution in [0.25, 0.3) is 11.3 Å². The summed E-state index contributed by atoms with van der Waals surface area (Å²) in [6.07, 6.45) is 9.63. The molecule has 6 heteroatoms. The molecule has 1 N–H and O–H groups in total. The predicted molar refractivity (Wildman–Crippen MR) is 103 cm³/mol. The summed E-state index contributed by atoms with van der Waals surface area (Å²) in [5, 5.41) is 9.79. The van der Waals surface area contributed by atoms with Crippen LogP contribution in [0.2, 0.25) is 0 Å². The largest absolute Gasteiger partial charge is 0.353 e. The predicted octanol–water partition coefficient (Wildman–Crippen LogP) is 3.63. The third kappa shape index (κ3) is 3.29. The van der Waals surface area contributed by atoms with Crippen molar-refractivity contribution in [3.8, 4) is 11.3 Å². The second-order valence-corrected chi connectivity index (χ2v) is 7.67. The van der Waals surface area contributed by atoms with Gasteiger partial charge in [0.2, 0.25) is 5.91 Å². The Morgan fingerprint density at radius 2 is 2.00 bits per heavy atom. The molecule has 3 heterocycles. The lowest BCUT2D eigenvalue weighted by Crippen LogP contribution is -2.43. The highest BCUT2D eigenvalue weighted by molar-refractivity contribution is 7.10. The van der Waals surface area contributed by atoms with Crippen molar-refractivity contribution in [2.45, 2.75) is 37.6 Å². The van der Waals surface area contributed by atoms with E-state index in [0.717, 1.165) is 36.9 Å². The molecule has 1 amide bonds. The number of aromatic nitrogens is 3. The number of pyridine rings is 1. The van der Waals surface area contributed by atoms with E-state index in [1.807, 2.05) is 35.1 Å². The highest BCUT2D eigenvalue weighted by atomic mass is 32.1. The minimum Gasteiger partial charge on any atom is -0.353 e. The number of thiophene rings is 1. The molecule has 0 aromatic carbocycles. The Kier molecular flexibility index (Phi) is 4.84. The summed E-state index contributed by atoms with van der Waals surface area (Å²) in [7, 11) is 0. The Morgan fingerprint density at radius 1 is 1.19 bits per heavy atom. The summed E-state index contributed by atoms with van der Waals surface area (Å²) in [6, 6.07) is 10.0. The van der Waals surface area contributed by atoms with Gasteiger partial charge in [-0.05, 0) is 42.5 Å². The Hall–Kier alpha value is -2.47. The SMILES string of the molecule is O=C(NCCn1ccc(-c2ccncc2)n1)C1(c2cccs2)CCCC1. The summed E-state index contributed by atoms with van der Waals surface area (Å²) >= 11 is 1.69. The van der Waals surface area contributed by atoms with Crippen molar-refractivity contribution < 1.29 is 4.79 Å². The van der Waals surface area contributed by atoms with Gasteiger partial charge < -0.3 is 5.32 Å². The van der Waals surface area contributed by atoms with Crippen LogP contribution in [0.4, 0.5) is 0 Å². The first-order chi connectivity index (χ1) is 12.8. The number of hydrogen-bond acceptors (Lipinski definition) is 4. The highest BCUT2D eigenvalue weighted by Crippen LogP contribution is 2.43. The molecule has 0 unspecified atom stereocenters. The number of carbonyl (C=O) groups is 1. The van der Waals surface area contributed by atoms with Gasteiger partial charge in [0.25, 0.3) is 0 Å². The van der Waals surface area contributed by atoms with Gasteiger partial charge in [0.1, 0.15) is 0 Å². The number of hydrogen-bond donors (Lipinski definition) is 1. The molecule has 0 atom stereocenters. The van der Waals surface area contributed by atoms with Gasteiger partial charge in [-0.3, -0.25) is 14.5 Å². The maximum atomic E-state index is 12.9. The van der Waals surface area contributed by atoms with Gasteiger partial charge in [-0.15, -0.1) is 11.3 Å². The van der Waals surface area contributed by atoms with Gasteiger partial charge in [-0.1, -0.05) is 18.9 Å². The van der Waals surface area contributed by atoms with Crippen molar-refractivity contribution in [1.82, 2.24) is 20.1 Å². The van der Waals surface area contributed by atoms with E-state index < -0.39 is 0 Å². The first-order valence-corrected chi connectivity index (χ1v) is 9.92. The van der Waals surface area contributed by atoms with E-state index in [2.05, 4.69) is 26.8 Å². The van der Waals surface area contributed by atoms with E-state index in [1.54, 1.807) is 23.7 Å². The van der Waals surface area contributed by atoms with Crippen LogP contribution in [-0.4, -0.2) is 27.2 Å². The molecular formula is C20H22N4OS. The fourth-order valence-electron chi connectivity index (χ4n) is 3.73. The zero-order valence-electron chi connectivity index (χ0n) is 14.6. The molecule has 1 saturated carbocycles. The number of amides is 1. The van der Waals surface area contributed by atoms with Crippen molar-refractivity contribution in [1.29, 1.82) is 0 Å². The van der Waals surface area contributed by atoms with Crippen LogP contribution in [-0.2, 0) is 16.8 Å². The van der Waals surface area contributed by atoms with E-state index in [9.17, 15) is 4.79 Å². The first kappa shape index (κ1) is 17.0. The summed E-state index contributed by atoms with van der Waals surface area (Å²) in [5.74, 6) is 0.166. The summed E-state index contributed by atoms with van der Waals surface area (Å²) in [4.78, 5) is 18.2. The third-order valence-corrected chi connectivity index (χ3v) is 6.20. The van der Waals surface area contributed by atoms with Gasteiger partial charge in [0, 0.05) is 35.6 Å². The van der Waals surface area contributed by atoms with Gasteiger partial charge in [-0.25, -0.2) is 0 Å². The Balaban J connectivity index is 1.37. The molecular weight excluding hydrogens is 344 g/mol. The van der Waals surface area contributed by atoms with Crippen molar-refractivity contribution in [2.75, 3.05) is 6.54 Å². The van der Waals surface area contributed by atoms with E-state index in [-0.39, 0.29) is 11.3 Å². The van der Waals surface area contributed by atoms with Crippen molar-refractivity contribution in [3.05, 3.63) is 59.2 Å². The molecule has 0 spiro atoms. The monoisotopic (exact) mass is 366 g/mol. The van der Waals surface area contributed by atoms with Gasteiger partial charge in [0.15, 0.2) is 0 Å². The average Bonchev–Trinajstić information content (AvgIpc) is 3.43. The smallest absolute Gasteiger partial charge is 0.231 e. The van der Waals surface area contributed by atoms with Crippen molar-refractivity contribution in [2.24, 2.45) is 0 Å². The molecule has 4 rings (SSSR count). The molecule has 5 nitrogen and oxygen atoms in total. The van der Waals surface area contributed by atoms with Crippen LogP contribution in [0.15, 0.2) is 54.3 Å². The number of nitrogens with zero attached hydrogens (tertiary/aromatic N) is 3. The van der Waals surface area contributed by atoms with Crippen LogP contribution >= 0.6 is 11.3 Å². The third-order valence-electron chi connectivity index (χ3n) is 5.13. The van der Waals surface area contributed by atoms with Gasteiger partial charge in [0.05, 0.1) is 17.7 Å². The van der Waals surface area contributed by atoms with Crippen LogP contribution in [0, 0.1) is 0 Å². The second-order valence-electron chi connectivity index (χ2n) is 6.72. The molecule has 0 saturated heterocycles. The van der Waals surface area contributed by atoms with Crippen LogP contribution in [0.3, 0.4) is 0 Å². The standard InChI is InChI=1S/C20H22N4OS/c25-19(20(8-1-2-9-20)18-4-3-15-26-18)22-12-14-24-13-7-17(23-24)16-5-10-21-11-6-16/h3-7,10-11,13,15H,1-2,8-9,12,14H2,(H,22,25). The first-order valence-electron chi connectivity index (χ1n) is 9.04. The van der Waals surface area contributed by atoms with Crippen LogP contribution < -0.4 is 5.32 Å². The second kappa shape index (κ2) is 7.41. The zero-order valence-corrected chi connectivity index (χ0v) is 15.4. The lowest BCUT2D eigenvalue weighted by Gasteiger charge is -2.26. The number of carbonyl (C=O) groups excluding carboxylic acids is 1. The van der Waals surface area contributed by atoms with Crippen molar-refractivity contribution >= 4 is 17.2 Å². The fourth-order valence-corrected chi connectivity index (χ4v) is 4.71. The molecule has 0 bridgehead atoms. The van der Waals surface area contributed by atoms with Crippen molar-refractivity contribution in [3.63, 3.8) is 0 Å². The maximum absolute atomic E-state index is 12.9. The molecule has 0 radical (unpaired) electrons. The molecule has 1 aliphatic rings. The molecule has 3 aromatic rings. The molecule has 1 aliphatic carbocycles. The quantitative estimate of drug-likeness (QED) is 0.725. The summed E-state index contributed by atoms with van der Waals surface area (Å²) in [5.41, 5.74) is 1.65. The molecule has 0 aliphatic heterocycles. The van der Waals surface area contributed by atoms with E-state index in [0.29, 0.717) is 13.1 Å². The topological polar surface area (TPSA) is 59.8 Å². The van der Waals surface area contributed by atoms with E-state index in [4.69, 9.17) is 0 Å². The molecule has 134 valence electrons. The number of rotatable bonds is 6. The molecule has 3 aromatic heterocycles. The minimum absolute atomic E-state index is 0.166. The van der Waals surface area contributed by atoms with Crippen LogP contribution in [0.5, 0.6) is 0 Å². The lowest BCUT2D eigenvalue weighted by atomic mass is 9.83. The highest BCUT2D eigenvalue weighted by Gasteiger charge is 2.43. The van der Waals surface area contributed by atoms with Gasteiger partial charge >= 0.3 is 0 Å². The minimum atomic E-state index is -0.319. The Bertz CT molecular complexity index is 851. The molecule has 26 heavy (non-hydrogen) atoms. The number of nitrogens with one attached hydrogen (secondary N) is 1. The lowest BCUT2D eigenvalue weighted by molar-refractivity contribution is -0.126. The fraction of sp³-hybridized carbons (Fsp3) is 0.350. The summed E-state index contributed by atoms with van der Waals surface area (Å²) < 4.78 is 1.88. The molecule has 1 fully saturated rings. The summed E-state index contributed by atoms with van der Waals surface area (Å²) in [6.45, 7) is 1.25. The van der Waals surface area contributed by atoms with E-state index >= 15 is 0 Å². The van der Waals surface area contributed by atoms with Gasteiger partial charge in [-0.2, -0.15) is 5.10 Å². The normalized spacial score (nSPS) is 15.8. The Morgan fingerprint density at radius 3 is 2.73 bits per heavy atom. The maximum Gasteiger partial charge on any atom is 0.231 e. The van der Waals surface area contributed by atoms with Crippen LogP contribution in [0.1, 0.15) is 30.6 Å². The zero-order chi connectivity index (χ0) is 17.8. The van der Waals surface area contributed by atoms with E-state index in [1.165, 1.54) is 4.88 Å².